The molecule has 0 radical (unpaired) electrons. The molecule has 0 aromatic carbocycles. The van der Waals surface area contributed by atoms with Crippen LogP contribution in [0.1, 0.15) is 20.3 Å². The number of alkyl halides is 1. The molecular formula is C7H13Br. The Kier molecular flexibility index (Phi) is 5.51. The molecule has 0 aliphatic heterocycles. The minimum atomic E-state index is 0.743. The van der Waals surface area contributed by atoms with E-state index in [1.807, 2.05) is 0 Å². The van der Waals surface area contributed by atoms with E-state index in [0.717, 1.165) is 11.2 Å². The van der Waals surface area contributed by atoms with E-state index in [1.165, 1.54) is 6.42 Å². The summed E-state index contributed by atoms with van der Waals surface area (Å²) in [7, 11) is 0. The average molecular weight is 177 g/mol. The third-order valence-corrected chi connectivity index (χ3v) is 1.57. The second kappa shape index (κ2) is 5.36. The number of allylic oxidation sites excluding steroid dienone is 2. The van der Waals surface area contributed by atoms with Gasteiger partial charge in [0.25, 0.3) is 0 Å². The van der Waals surface area contributed by atoms with Crippen LogP contribution in [0.15, 0.2) is 12.2 Å². The first-order valence-electron chi connectivity index (χ1n) is 3.03. The molecular weight excluding hydrogens is 164 g/mol. The van der Waals surface area contributed by atoms with Gasteiger partial charge in [0.1, 0.15) is 0 Å². The molecule has 0 aliphatic carbocycles. The van der Waals surface area contributed by atoms with Crippen LogP contribution in [0, 0.1) is 5.92 Å². The van der Waals surface area contributed by atoms with Crippen LogP contribution in [-0.4, -0.2) is 5.33 Å². The molecule has 0 rings (SSSR count). The molecule has 0 saturated carbocycles. The summed E-state index contributed by atoms with van der Waals surface area (Å²) in [5.41, 5.74) is 0. The van der Waals surface area contributed by atoms with E-state index in [2.05, 4.69) is 41.9 Å². The van der Waals surface area contributed by atoms with Gasteiger partial charge in [-0.2, -0.15) is 0 Å². The molecule has 0 nitrogen and oxygen atoms in total. The van der Waals surface area contributed by atoms with E-state index in [-0.39, 0.29) is 0 Å². The molecule has 0 aromatic rings. The van der Waals surface area contributed by atoms with Crippen molar-refractivity contribution in [3.63, 3.8) is 0 Å². The van der Waals surface area contributed by atoms with Crippen LogP contribution in [0.4, 0.5) is 0 Å². The van der Waals surface area contributed by atoms with E-state index in [1.54, 1.807) is 0 Å². The van der Waals surface area contributed by atoms with E-state index in [4.69, 9.17) is 0 Å². The van der Waals surface area contributed by atoms with Crippen LogP contribution in [0.2, 0.25) is 0 Å². The van der Waals surface area contributed by atoms with E-state index in [0.29, 0.717) is 0 Å². The SMILES string of the molecule is CCC(C)/C=C/CBr. The van der Waals surface area contributed by atoms with Crippen molar-refractivity contribution in [2.75, 3.05) is 5.33 Å². The van der Waals surface area contributed by atoms with Crippen LogP contribution in [0.5, 0.6) is 0 Å². The van der Waals surface area contributed by atoms with Gasteiger partial charge in [0, 0.05) is 5.33 Å². The lowest BCUT2D eigenvalue weighted by Gasteiger charge is -1.96. The zero-order valence-corrected chi connectivity index (χ0v) is 7.11. The highest BCUT2D eigenvalue weighted by Gasteiger charge is 1.87. The first kappa shape index (κ1) is 8.22. The Bertz CT molecular complexity index is 66.8. The second-order valence-electron chi connectivity index (χ2n) is 1.97. The highest BCUT2D eigenvalue weighted by molar-refractivity contribution is 9.09. The average Bonchev–Trinajstić information content (AvgIpc) is 1.83. The summed E-state index contributed by atoms with van der Waals surface area (Å²) in [5, 5.41) is 0.983. The van der Waals surface area contributed by atoms with Crippen molar-refractivity contribution in [1.29, 1.82) is 0 Å². The van der Waals surface area contributed by atoms with Gasteiger partial charge in [-0.05, 0) is 5.92 Å². The highest BCUT2D eigenvalue weighted by Crippen LogP contribution is 2.01. The Morgan fingerprint density at radius 3 is 2.62 bits per heavy atom. The lowest BCUT2D eigenvalue weighted by molar-refractivity contribution is 0.697. The maximum atomic E-state index is 3.32. The zero-order valence-electron chi connectivity index (χ0n) is 5.52. The standard InChI is InChI=1S/C7H13Br/c1-3-7(2)5-4-6-8/h4-5,7H,3,6H2,1-2H3/b5-4+. The maximum absolute atomic E-state index is 3.32. The van der Waals surface area contributed by atoms with Crippen molar-refractivity contribution >= 4 is 15.9 Å². The van der Waals surface area contributed by atoms with Gasteiger partial charge in [-0.25, -0.2) is 0 Å². The van der Waals surface area contributed by atoms with Gasteiger partial charge < -0.3 is 0 Å². The number of hydrogen-bond donors (Lipinski definition) is 0. The summed E-state index contributed by atoms with van der Waals surface area (Å²) < 4.78 is 0. The van der Waals surface area contributed by atoms with E-state index >= 15 is 0 Å². The molecule has 48 valence electrons. The molecule has 1 heteroatoms. The van der Waals surface area contributed by atoms with Crippen molar-refractivity contribution in [3.05, 3.63) is 12.2 Å². The van der Waals surface area contributed by atoms with Crippen LogP contribution >= 0.6 is 15.9 Å². The second-order valence-corrected chi connectivity index (χ2v) is 2.62. The Labute approximate surface area is 60.1 Å². The topological polar surface area (TPSA) is 0 Å². The normalized spacial score (nSPS) is 14.9. The monoisotopic (exact) mass is 176 g/mol. The van der Waals surface area contributed by atoms with Gasteiger partial charge >= 0.3 is 0 Å². The quantitative estimate of drug-likeness (QED) is 0.459. The zero-order chi connectivity index (χ0) is 6.41. The Hall–Kier alpha value is 0.220. The number of halogens is 1. The third kappa shape index (κ3) is 4.38. The van der Waals surface area contributed by atoms with Crippen molar-refractivity contribution in [3.8, 4) is 0 Å². The van der Waals surface area contributed by atoms with E-state index < -0.39 is 0 Å². The molecule has 0 N–H and O–H groups in total. The molecule has 1 unspecified atom stereocenters. The minimum Gasteiger partial charge on any atom is -0.0883 e. The van der Waals surface area contributed by atoms with Gasteiger partial charge in [-0.15, -0.1) is 0 Å². The summed E-state index contributed by atoms with van der Waals surface area (Å²) in [5.74, 6) is 0.743. The smallest absolute Gasteiger partial charge is 0.0212 e. The predicted octanol–water partition coefficient (Wildman–Crippen LogP) is 2.98. The van der Waals surface area contributed by atoms with Crippen molar-refractivity contribution in [1.82, 2.24) is 0 Å². The first-order valence-corrected chi connectivity index (χ1v) is 4.16. The molecule has 0 fully saturated rings. The van der Waals surface area contributed by atoms with Crippen molar-refractivity contribution < 1.29 is 0 Å². The summed E-state index contributed by atoms with van der Waals surface area (Å²) in [6.45, 7) is 4.42. The van der Waals surface area contributed by atoms with Gasteiger partial charge in [-0.3, -0.25) is 0 Å². The van der Waals surface area contributed by atoms with Crippen molar-refractivity contribution in [2.45, 2.75) is 20.3 Å². The molecule has 8 heavy (non-hydrogen) atoms. The summed E-state index contributed by atoms with van der Waals surface area (Å²) in [6.07, 6.45) is 5.62. The summed E-state index contributed by atoms with van der Waals surface area (Å²) in [6, 6.07) is 0. The molecule has 0 heterocycles. The first-order chi connectivity index (χ1) is 3.81. The van der Waals surface area contributed by atoms with Crippen LogP contribution < -0.4 is 0 Å². The maximum Gasteiger partial charge on any atom is 0.0212 e. The Morgan fingerprint density at radius 1 is 1.62 bits per heavy atom. The number of hydrogen-bond acceptors (Lipinski definition) is 0. The van der Waals surface area contributed by atoms with Crippen molar-refractivity contribution in [2.24, 2.45) is 5.92 Å². The fourth-order valence-electron chi connectivity index (χ4n) is 0.420. The molecule has 0 bridgehead atoms. The largest absolute Gasteiger partial charge is 0.0883 e. The lowest BCUT2D eigenvalue weighted by Crippen LogP contribution is -1.83. The van der Waals surface area contributed by atoms with Crippen LogP contribution in [0.25, 0.3) is 0 Å². The Morgan fingerprint density at radius 2 is 2.25 bits per heavy atom. The highest BCUT2D eigenvalue weighted by atomic mass is 79.9. The van der Waals surface area contributed by atoms with E-state index in [9.17, 15) is 0 Å². The molecule has 0 aliphatic rings. The third-order valence-electron chi connectivity index (χ3n) is 1.20. The van der Waals surface area contributed by atoms with Crippen LogP contribution in [-0.2, 0) is 0 Å². The molecule has 1 atom stereocenters. The van der Waals surface area contributed by atoms with Gasteiger partial charge in [0.2, 0.25) is 0 Å². The van der Waals surface area contributed by atoms with Gasteiger partial charge in [0.05, 0.1) is 0 Å². The van der Waals surface area contributed by atoms with Gasteiger partial charge in [0.15, 0.2) is 0 Å². The summed E-state index contributed by atoms with van der Waals surface area (Å²) in [4.78, 5) is 0. The fourth-order valence-corrected chi connectivity index (χ4v) is 0.636. The Balaban J connectivity index is 3.21. The molecule has 0 spiro atoms. The predicted molar refractivity (Wildman–Crippen MR) is 42.4 cm³/mol. The molecule has 0 amide bonds. The lowest BCUT2D eigenvalue weighted by atomic mass is 10.1. The molecule has 0 aromatic heterocycles. The van der Waals surface area contributed by atoms with Crippen LogP contribution in [0.3, 0.4) is 0 Å². The number of rotatable bonds is 3. The fraction of sp³-hybridized carbons (Fsp3) is 0.714. The molecule has 0 saturated heterocycles. The van der Waals surface area contributed by atoms with Gasteiger partial charge in [-0.1, -0.05) is 48.4 Å². The minimum absolute atomic E-state index is 0.743. The summed E-state index contributed by atoms with van der Waals surface area (Å²) >= 11 is 3.32.